The summed E-state index contributed by atoms with van der Waals surface area (Å²) in [7, 11) is 0. The molecule has 0 spiro atoms. The molecule has 22 heavy (non-hydrogen) atoms. The molecular formula is C19H25ClO2. The van der Waals surface area contributed by atoms with E-state index in [1.54, 1.807) is 0 Å². The van der Waals surface area contributed by atoms with Gasteiger partial charge in [-0.25, -0.2) is 0 Å². The molecule has 3 heteroatoms. The number of halogens is 1. The van der Waals surface area contributed by atoms with Gasteiger partial charge in [0.1, 0.15) is 0 Å². The van der Waals surface area contributed by atoms with E-state index in [2.05, 4.69) is 19.1 Å². The molecule has 3 rings (SSSR count). The number of rotatable bonds is 3. The Labute approximate surface area is 138 Å². The van der Waals surface area contributed by atoms with Crippen molar-refractivity contribution in [2.75, 3.05) is 13.2 Å². The molecule has 1 saturated heterocycles. The monoisotopic (exact) mass is 320 g/mol. The number of benzene rings is 1. The molecule has 2 nitrogen and oxygen atoms in total. The molecule has 0 atom stereocenters. The first-order chi connectivity index (χ1) is 10.8. The Morgan fingerprint density at radius 2 is 1.59 bits per heavy atom. The maximum Gasteiger partial charge on any atom is 0.183 e. The van der Waals surface area contributed by atoms with Crippen LogP contribution in [0.25, 0.3) is 0 Å². The van der Waals surface area contributed by atoms with Gasteiger partial charge in [-0.2, -0.15) is 0 Å². The van der Waals surface area contributed by atoms with E-state index in [1.165, 1.54) is 25.7 Å². The smallest absolute Gasteiger partial charge is 0.183 e. The minimum atomic E-state index is -0.229. The molecule has 0 unspecified atom stereocenters. The maximum absolute atomic E-state index is 5.96. The first-order valence-electron chi connectivity index (χ1n) is 8.37. The Morgan fingerprint density at radius 3 is 2.18 bits per heavy atom. The second-order valence-electron chi connectivity index (χ2n) is 6.51. The molecule has 0 amide bonds. The lowest BCUT2D eigenvalue weighted by Crippen LogP contribution is -2.34. The fraction of sp³-hybridized carbons (Fsp3) is 0.579. The standard InChI is InChI=1S/C19H25ClO2/c1-2-3-14-4-6-15(7-5-14)17-12-21-19(22-13-17)16-8-10-18(20)11-9-16/h2-3,8-11,14-15,17,19H,4-7,12-13H2,1H3/t14-,15-,17-,19-. The Kier molecular flexibility index (Phi) is 5.56. The molecular weight excluding hydrogens is 296 g/mol. The molecule has 0 N–H and O–H groups in total. The molecule has 0 bridgehead atoms. The summed E-state index contributed by atoms with van der Waals surface area (Å²) in [6.07, 6.45) is 9.55. The molecule has 1 aromatic carbocycles. The quantitative estimate of drug-likeness (QED) is 0.696. The summed E-state index contributed by atoms with van der Waals surface area (Å²) in [4.78, 5) is 0. The van der Waals surface area contributed by atoms with Gasteiger partial charge in [0.05, 0.1) is 13.2 Å². The third kappa shape index (κ3) is 3.92. The zero-order valence-electron chi connectivity index (χ0n) is 13.2. The first kappa shape index (κ1) is 16.0. The highest BCUT2D eigenvalue weighted by atomic mass is 35.5. The topological polar surface area (TPSA) is 18.5 Å². The van der Waals surface area contributed by atoms with Gasteiger partial charge in [0.25, 0.3) is 0 Å². The van der Waals surface area contributed by atoms with E-state index in [-0.39, 0.29) is 6.29 Å². The van der Waals surface area contributed by atoms with Crippen LogP contribution in [0.1, 0.15) is 44.5 Å². The van der Waals surface area contributed by atoms with Gasteiger partial charge in [0, 0.05) is 16.5 Å². The van der Waals surface area contributed by atoms with E-state index >= 15 is 0 Å². The SMILES string of the molecule is CC=C[C@H]1CC[C@H]([C@H]2CO[C@H](c3ccc(Cl)cc3)OC2)CC1. The Hall–Kier alpha value is -0.830. The molecule has 1 aliphatic carbocycles. The number of allylic oxidation sites excluding steroid dienone is 2. The van der Waals surface area contributed by atoms with Crippen molar-refractivity contribution in [3.05, 3.63) is 47.0 Å². The molecule has 0 radical (unpaired) electrons. The van der Waals surface area contributed by atoms with Gasteiger partial charge in [-0.1, -0.05) is 35.9 Å². The predicted molar refractivity (Wildman–Crippen MR) is 89.8 cm³/mol. The van der Waals surface area contributed by atoms with Crippen LogP contribution < -0.4 is 0 Å². The van der Waals surface area contributed by atoms with Crippen LogP contribution in [0.4, 0.5) is 0 Å². The first-order valence-corrected chi connectivity index (χ1v) is 8.75. The van der Waals surface area contributed by atoms with Gasteiger partial charge in [-0.3, -0.25) is 0 Å². The van der Waals surface area contributed by atoms with Gasteiger partial charge >= 0.3 is 0 Å². The van der Waals surface area contributed by atoms with E-state index in [0.29, 0.717) is 5.92 Å². The van der Waals surface area contributed by atoms with Crippen LogP contribution >= 0.6 is 11.6 Å². The van der Waals surface area contributed by atoms with Crippen LogP contribution in [0.2, 0.25) is 5.02 Å². The van der Waals surface area contributed by atoms with Crippen LogP contribution in [0, 0.1) is 17.8 Å². The van der Waals surface area contributed by atoms with E-state index in [4.69, 9.17) is 21.1 Å². The van der Waals surface area contributed by atoms with Gasteiger partial charge in [0.2, 0.25) is 0 Å². The van der Waals surface area contributed by atoms with Crippen LogP contribution in [0.3, 0.4) is 0 Å². The molecule has 1 aromatic rings. The largest absolute Gasteiger partial charge is 0.348 e. The lowest BCUT2D eigenvalue weighted by molar-refractivity contribution is -0.214. The third-order valence-electron chi connectivity index (χ3n) is 5.01. The second kappa shape index (κ2) is 7.63. The minimum absolute atomic E-state index is 0.229. The third-order valence-corrected chi connectivity index (χ3v) is 5.27. The number of hydrogen-bond donors (Lipinski definition) is 0. The summed E-state index contributed by atoms with van der Waals surface area (Å²) in [6.45, 7) is 3.74. The fourth-order valence-electron chi connectivity index (χ4n) is 3.68. The van der Waals surface area contributed by atoms with Crippen molar-refractivity contribution >= 4 is 11.6 Å². The van der Waals surface area contributed by atoms with Gasteiger partial charge < -0.3 is 9.47 Å². The Balaban J connectivity index is 1.49. The van der Waals surface area contributed by atoms with Crippen LogP contribution in [0.5, 0.6) is 0 Å². The fourth-order valence-corrected chi connectivity index (χ4v) is 3.81. The van der Waals surface area contributed by atoms with Crippen LogP contribution in [0.15, 0.2) is 36.4 Å². The molecule has 2 fully saturated rings. The average molecular weight is 321 g/mol. The summed E-state index contributed by atoms with van der Waals surface area (Å²) in [6, 6.07) is 7.74. The van der Waals surface area contributed by atoms with E-state index in [0.717, 1.165) is 35.6 Å². The van der Waals surface area contributed by atoms with Gasteiger partial charge in [-0.05, 0) is 56.6 Å². The summed E-state index contributed by atoms with van der Waals surface area (Å²) in [5.41, 5.74) is 1.06. The number of ether oxygens (including phenoxy) is 2. The van der Waals surface area contributed by atoms with Crippen LogP contribution in [-0.2, 0) is 9.47 Å². The molecule has 1 heterocycles. The van der Waals surface area contributed by atoms with Crippen molar-refractivity contribution in [3.8, 4) is 0 Å². The van der Waals surface area contributed by atoms with Crippen molar-refractivity contribution in [2.24, 2.45) is 17.8 Å². The van der Waals surface area contributed by atoms with Crippen molar-refractivity contribution in [1.29, 1.82) is 0 Å². The zero-order valence-corrected chi connectivity index (χ0v) is 14.0. The summed E-state index contributed by atoms with van der Waals surface area (Å²) >= 11 is 5.92. The van der Waals surface area contributed by atoms with Crippen LogP contribution in [-0.4, -0.2) is 13.2 Å². The molecule has 120 valence electrons. The minimum Gasteiger partial charge on any atom is -0.348 e. The second-order valence-corrected chi connectivity index (χ2v) is 6.95. The summed E-state index contributed by atoms with van der Waals surface area (Å²) in [5, 5.41) is 0.746. The Morgan fingerprint density at radius 1 is 0.955 bits per heavy atom. The number of hydrogen-bond acceptors (Lipinski definition) is 2. The molecule has 2 aliphatic rings. The van der Waals surface area contributed by atoms with E-state index in [1.807, 2.05) is 24.3 Å². The van der Waals surface area contributed by atoms with Crippen molar-refractivity contribution in [2.45, 2.75) is 38.9 Å². The summed E-state index contributed by atoms with van der Waals surface area (Å²) in [5.74, 6) is 2.09. The predicted octanol–water partition coefficient (Wildman–Crippen LogP) is 5.38. The summed E-state index contributed by atoms with van der Waals surface area (Å²) < 4.78 is 11.9. The molecule has 1 saturated carbocycles. The van der Waals surface area contributed by atoms with Gasteiger partial charge in [-0.15, -0.1) is 0 Å². The molecule has 1 aliphatic heterocycles. The lowest BCUT2D eigenvalue weighted by atomic mass is 9.76. The van der Waals surface area contributed by atoms with Crippen molar-refractivity contribution in [1.82, 2.24) is 0 Å². The van der Waals surface area contributed by atoms with Crippen molar-refractivity contribution in [3.63, 3.8) is 0 Å². The normalized spacial score (nSPS) is 33.2. The average Bonchev–Trinajstić information content (AvgIpc) is 2.57. The zero-order chi connectivity index (χ0) is 15.4. The Bertz CT molecular complexity index is 481. The van der Waals surface area contributed by atoms with Crippen molar-refractivity contribution < 1.29 is 9.47 Å². The lowest BCUT2D eigenvalue weighted by Gasteiger charge is -2.37. The van der Waals surface area contributed by atoms with E-state index in [9.17, 15) is 0 Å². The van der Waals surface area contributed by atoms with E-state index < -0.39 is 0 Å². The highest BCUT2D eigenvalue weighted by Crippen LogP contribution is 2.37. The maximum atomic E-state index is 5.96. The molecule has 0 aromatic heterocycles. The highest BCUT2D eigenvalue weighted by Gasteiger charge is 2.31. The van der Waals surface area contributed by atoms with Gasteiger partial charge in [0.15, 0.2) is 6.29 Å². The highest BCUT2D eigenvalue weighted by molar-refractivity contribution is 6.30.